The number of benzene rings is 3. The maximum absolute atomic E-state index is 13.3. The van der Waals surface area contributed by atoms with Crippen LogP contribution in [0.1, 0.15) is 29.2 Å². The summed E-state index contributed by atoms with van der Waals surface area (Å²) in [6.45, 7) is 0.728. The first kappa shape index (κ1) is 24.4. The van der Waals surface area contributed by atoms with E-state index >= 15 is 0 Å². The van der Waals surface area contributed by atoms with Crippen LogP contribution in [0.4, 0.5) is 10.5 Å². The number of anilines is 1. The molecule has 0 bridgehead atoms. The summed E-state index contributed by atoms with van der Waals surface area (Å²) in [6.07, 6.45) is 0.807. The van der Waals surface area contributed by atoms with Crippen LogP contribution in [0.15, 0.2) is 66.7 Å². The molecular formula is C27H28ClN3O4. The van der Waals surface area contributed by atoms with Crippen LogP contribution in [0.3, 0.4) is 0 Å². The molecule has 1 aliphatic rings. The van der Waals surface area contributed by atoms with E-state index in [1.54, 1.807) is 43.4 Å². The summed E-state index contributed by atoms with van der Waals surface area (Å²) in [5.41, 5.74) is 3.64. The molecule has 0 unspecified atom stereocenters. The molecular weight excluding hydrogens is 466 g/mol. The van der Waals surface area contributed by atoms with E-state index < -0.39 is 0 Å². The van der Waals surface area contributed by atoms with Gasteiger partial charge >= 0.3 is 6.03 Å². The number of carbonyl (C=O) groups is 2. The SMILES string of the molecule is COc1cc2c(cc1OC)[C@H](c1ccccc1)N(C(=O)NCCC(=O)Nc1ccccc1Cl)CC2. The van der Waals surface area contributed by atoms with Gasteiger partial charge in [0.2, 0.25) is 5.91 Å². The molecule has 1 aliphatic heterocycles. The Kier molecular flexibility index (Phi) is 7.77. The summed E-state index contributed by atoms with van der Waals surface area (Å²) in [5.74, 6) is 1.06. The molecule has 0 spiro atoms. The van der Waals surface area contributed by atoms with Crippen molar-refractivity contribution in [3.63, 3.8) is 0 Å². The fraction of sp³-hybridized carbons (Fsp3) is 0.259. The summed E-state index contributed by atoms with van der Waals surface area (Å²) >= 11 is 6.10. The smallest absolute Gasteiger partial charge is 0.318 e. The van der Waals surface area contributed by atoms with E-state index in [0.717, 1.165) is 16.7 Å². The number of para-hydroxylation sites is 1. The zero-order valence-electron chi connectivity index (χ0n) is 19.7. The van der Waals surface area contributed by atoms with Crippen LogP contribution in [0.25, 0.3) is 0 Å². The number of carbonyl (C=O) groups excluding carboxylic acids is 2. The van der Waals surface area contributed by atoms with Crippen molar-refractivity contribution in [2.24, 2.45) is 0 Å². The van der Waals surface area contributed by atoms with E-state index in [2.05, 4.69) is 10.6 Å². The van der Waals surface area contributed by atoms with E-state index in [4.69, 9.17) is 21.1 Å². The van der Waals surface area contributed by atoms with Gasteiger partial charge in [-0.15, -0.1) is 0 Å². The topological polar surface area (TPSA) is 79.9 Å². The second kappa shape index (κ2) is 11.1. The lowest BCUT2D eigenvalue weighted by atomic mass is 9.88. The van der Waals surface area contributed by atoms with Gasteiger partial charge in [-0.2, -0.15) is 0 Å². The highest BCUT2D eigenvalue weighted by atomic mass is 35.5. The van der Waals surface area contributed by atoms with E-state index in [-0.39, 0.29) is 30.9 Å². The summed E-state index contributed by atoms with van der Waals surface area (Å²) in [4.78, 5) is 27.4. The first-order valence-corrected chi connectivity index (χ1v) is 11.8. The Labute approximate surface area is 210 Å². The number of methoxy groups -OCH3 is 2. The van der Waals surface area contributed by atoms with Gasteiger partial charge in [-0.3, -0.25) is 4.79 Å². The third kappa shape index (κ3) is 5.52. The first-order chi connectivity index (χ1) is 17.0. The Morgan fingerprint density at radius 2 is 1.69 bits per heavy atom. The van der Waals surface area contributed by atoms with Crippen molar-refractivity contribution >= 4 is 29.2 Å². The predicted octanol–water partition coefficient (Wildman–Crippen LogP) is 5.04. The summed E-state index contributed by atoms with van der Waals surface area (Å²) < 4.78 is 11.0. The molecule has 35 heavy (non-hydrogen) atoms. The number of nitrogens with zero attached hydrogens (tertiary/aromatic N) is 1. The zero-order valence-corrected chi connectivity index (χ0v) is 20.5. The maximum atomic E-state index is 13.3. The van der Waals surface area contributed by atoms with Gasteiger partial charge in [-0.05, 0) is 47.4 Å². The van der Waals surface area contributed by atoms with Crippen molar-refractivity contribution < 1.29 is 19.1 Å². The van der Waals surface area contributed by atoms with Crippen LogP contribution in [-0.4, -0.2) is 44.1 Å². The molecule has 0 aliphatic carbocycles. The van der Waals surface area contributed by atoms with E-state index in [0.29, 0.717) is 35.2 Å². The Morgan fingerprint density at radius 1 is 1.00 bits per heavy atom. The largest absolute Gasteiger partial charge is 0.493 e. The number of hydrogen-bond acceptors (Lipinski definition) is 4. The lowest BCUT2D eigenvalue weighted by molar-refractivity contribution is -0.116. The minimum atomic E-state index is -0.295. The molecule has 182 valence electrons. The van der Waals surface area contributed by atoms with Crippen molar-refractivity contribution in [3.05, 3.63) is 88.4 Å². The molecule has 0 saturated carbocycles. The molecule has 3 amide bonds. The van der Waals surface area contributed by atoms with Gasteiger partial charge in [0.25, 0.3) is 0 Å². The quantitative estimate of drug-likeness (QED) is 0.483. The van der Waals surface area contributed by atoms with E-state index in [1.165, 1.54) is 0 Å². The van der Waals surface area contributed by atoms with Crippen LogP contribution in [0.2, 0.25) is 5.02 Å². The molecule has 3 aromatic rings. The van der Waals surface area contributed by atoms with Gasteiger partial charge < -0.3 is 25.0 Å². The molecule has 0 saturated heterocycles. The molecule has 3 aromatic carbocycles. The minimum Gasteiger partial charge on any atom is -0.493 e. The average Bonchev–Trinajstić information content (AvgIpc) is 2.88. The number of urea groups is 1. The first-order valence-electron chi connectivity index (χ1n) is 11.4. The second-order valence-corrected chi connectivity index (χ2v) is 8.58. The molecule has 4 rings (SSSR count). The van der Waals surface area contributed by atoms with Crippen molar-refractivity contribution in [1.82, 2.24) is 10.2 Å². The Morgan fingerprint density at radius 3 is 2.40 bits per heavy atom. The highest BCUT2D eigenvalue weighted by Crippen LogP contribution is 2.41. The number of rotatable bonds is 7. The summed E-state index contributed by atoms with van der Waals surface area (Å²) in [7, 11) is 3.21. The Balaban J connectivity index is 1.49. The molecule has 0 radical (unpaired) electrons. The number of ether oxygens (including phenoxy) is 2. The van der Waals surface area contributed by atoms with Crippen molar-refractivity contribution in [3.8, 4) is 11.5 Å². The third-order valence-electron chi connectivity index (χ3n) is 6.03. The normalized spacial score (nSPS) is 14.6. The fourth-order valence-electron chi connectivity index (χ4n) is 4.32. The summed E-state index contributed by atoms with van der Waals surface area (Å²) in [6, 6.07) is 20.3. The van der Waals surface area contributed by atoms with Crippen LogP contribution >= 0.6 is 11.6 Å². The zero-order chi connectivity index (χ0) is 24.8. The lowest BCUT2D eigenvalue weighted by Gasteiger charge is -2.38. The van der Waals surface area contributed by atoms with Gasteiger partial charge in [0.15, 0.2) is 11.5 Å². The highest BCUT2D eigenvalue weighted by Gasteiger charge is 2.33. The average molecular weight is 494 g/mol. The lowest BCUT2D eigenvalue weighted by Crippen LogP contribution is -2.46. The fourth-order valence-corrected chi connectivity index (χ4v) is 4.50. The molecule has 2 N–H and O–H groups in total. The minimum absolute atomic E-state index is 0.127. The number of halogens is 1. The van der Waals surface area contributed by atoms with Gasteiger partial charge in [-0.25, -0.2) is 4.79 Å². The van der Waals surface area contributed by atoms with Crippen molar-refractivity contribution in [2.75, 3.05) is 32.6 Å². The standard InChI is InChI=1S/C27H28ClN3O4/c1-34-23-16-19-13-15-31(26(18-8-4-3-5-9-18)20(19)17-24(23)35-2)27(33)29-14-12-25(32)30-22-11-7-6-10-21(22)28/h3-11,16-17,26H,12-15H2,1-2H3,(H,29,33)(H,30,32)/t26-/m0/s1. The van der Waals surface area contributed by atoms with Gasteiger partial charge in [0, 0.05) is 19.5 Å². The molecule has 0 aromatic heterocycles. The number of amides is 3. The predicted molar refractivity (Wildman–Crippen MR) is 136 cm³/mol. The summed E-state index contributed by atoms with van der Waals surface area (Å²) in [5, 5.41) is 6.14. The number of hydrogen-bond donors (Lipinski definition) is 2. The van der Waals surface area contributed by atoms with Gasteiger partial charge in [0.1, 0.15) is 0 Å². The van der Waals surface area contributed by atoms with Crippen LogP contribution in [-0.2, 0) is 11.2 Å². The van der Waals surface area contributed by atoms with Gasteiger partial charge in [0.05, 0.1) is 31.0 Å². The maximum Gasteiger partial charge on any atom is 0.318 e. The highest BCUT2D eigenvalue weighted by molar-refractivity contribution is 6.33. The van der Waals surface area contributed by atoms with Crippen LogP contribution in [0.5, 0.6) is 11.5 Å². The molecule has 1 atom stereocenters. The van der Waals surface area contributed by atoms with E-state index in [9.17, 15) is 9.59 Å². The monoisotopic (exact) mass is 493 g/mol. The third-order valence-corrected chi connectivity index (χ3v) is 6.36. The molecule has 1 heterocycles. The van der Waals surface area contributed by atoms with Crippen molar-refractivity contribution in [1.29, 1.82) is 0 Å². The second-order valence-electron chi connectivity index (χ2n) is 8.17. The Hall–Kier alpha value is -3.71. The van der Waals surface area contributed by atoms with Crippen molar-refractivity contribution in [2.45, 2.75) is 18.9 Å². The van der Waals surface area contributed by atoms with Crippen LogP contribution < -0.4 is 20.1 Å². The van der Waals surface area contributed by atoms with Crippen LogP contribution in [0, 0.1) is 0 Å². The van der Waals surface area contributed by atoms with Gasteiger partial charge in [-0.1, -0.05) is 54.1 Å². The molecule has 8 heteroatoms. The molecule has 0 fully saturated rings. The number of nitrogens with one attached hydrogen (secondary N) is 2. The van der Waals surface area contributed by atoms with E-state index in [1.807, 2.05) is 42.5 Å². The number of fused-ring (bicyclic) bond motifs is 1. The molecule has 7 nitrogen and oxygen atoms in total. The Bertz CT molecular complexity index is 1200.